The molecule has 6 nitrogen and oxygen atoms in total. The van der Waals surface area contributed by atoms with Crippen LogP contribution in [-0.2, 0) is 9.59 Å². The highest BCUT2D eigenvalue weighted by atomic mass is 35.5. The quantitative estimate of drug-likeness (QED) is 0.794. The molecular weight excluding hydrogens is 356 g/mol. The van der Waals surface area contributed by atoms with Gasteiger partial charge >= 0.3 is 5.97 Å². The average molecular weight is 381 g/mol. The normalized spacial score (nSPS) is 21.9. The van der Waals surface area contributed by atoms with E-state index in [0.717, 1.165) is 0 Å². The highest BCUT2D eigenvalue weighted by molar-refractivity contribution is 6.30. The first-order valence-corrected chi connectivity index (χ1v) is 9.20. The summed E-state index contributed by atoms with van der Waals surface area (Å²) in [5.41, 5.74) is 0.425. The van der Waals surface area contributed by atoms with Crippen LogP contribution in [0.25, 0.3) is 0 Å². The second-order valence-corrected chi connectivity index (χ2v) is 7.45. The number of hydrogen-bond acceptors (Lipinski definition) is 3. The monoisotopic (exact) mass is 380 g/mol. The Morgan fingerprint density at radius 2 is 1.88 bits per heavy atom. The summed E-state index contributed by atoms with van der Waals surface area (Å²) in [5.74, 6) is -2.21. The number of benzene rings is 1. The molecular formula is C19H25ClN2O4. The first-order valence-electron chi connectivity index (χ1n) is 8.82. The van der Waals surface area contributed by atoms with Crippen LogP contribution in [0.15, 0.2) is 24.3 Å². The van der Waals surface area contributed by atoms with E-state index in [1.165, 1.54) is 0 Å². The Hall–Kier alpha value is -2.08. The van der Waals surface area contributed by atoms with Crippen molar-refractivity contribution in [2.24, 2.45) is 17.8 Å². The zero-order valence-corrected chi connectivity index (χ0v) is 16.0. The third-order valence-corrected chi connectivity index (χ3v) is 5.37. The van der Waals surface area contributed by atoms with Crippen molar-refractivity contribution >= 4 is 29.4 Å². The molecule has 0 spiro atoms. The van der Waals surface area contributed by atoms with Crippen LogP contribution >= 0.6 is 11.6 Å². The molecule has 26 heavy (non-hydrogen) atoms. The number of hydrogen-bond donors (Lipinski definition) is 2. The maximum atomic E-state index is 13.0. The molecule has 0 saturated carbocycles. The summed E-state index contributed by atoms with van der Waals surface area (Å²) in [6, 6.07) is 5.76. The minimum Gasteiger partial charge on any atom is -0.481 e. The number of carboxylic acids is 1. The molecule has 1 aromatic rings. The lowest BCUT2D eigenvalue weighted by atomic mass is 9.97. The van der Waals surface area contributed by atoms with E-state index >= 15 is 0 Å². The zero-order valence-electron chi connectivity index (χ0n) is 15.2. The lowest BCUT2D eigenvalue weighted by Gasteiger charge is -2.28. The van der Waals surface area contributed by atoms with Crippen LogP contribution < -0.4 is 5.32 Å². The summed E-state index contributed by atoms with van der Waals surface area (Å²) in [7, 11) is 0. The van der Waals surface area contributed by atoms with Crippen molar-refractivity contribution < 1.29 is 19.5 Å². The highest BCUT2D eigenvalue weighted by Crippen LogP contribution is 2.25. The minimum absolute atomic E-state index is 0.0714. The molecule has 1 aliphatic rings. The van der Waals surface area contributed by atoms with Crippen LogP contribution in [0.1, 0.15) is 37.6 Å². The Labute approximate surface area is 158 Å². The minimum atomic E-state index is -0.891. The van der Waals surface area contributed by atoms with Gasteiger partial charge in [0, 0.05) is 23.7 Å². The van der Waals surface area contributed by atoms with Gasteiger partial charge in [-0.15, -0.1) is 0 Å². The summed E-state index contributed by atoms with van der Waals surface area (Å²) in [5, 5.41) is 12.6. The SMILES string of the molecule is CCC(C)C(NC(=O)c1ccc(Cl)cc1)C(=O)N1C[C@@H](C)[C@H](C(=O)O)C1. The molecule has 1 heterocycles. The lowest BCUT2D eigenvalue weighted by molar-refractivity contribution is -0.142. The number of carbonyl (C=O) groups excluding carboxylic acids is 2. The van der Waals surface area contributed by atoms with E-state index in [-0.39, 0.29) is 30.2 Å². The molecule has 0 bridgehead atoms. The van der Waals surface area contributed by atoms with E-state index in [9.17, 15) is 19.5 Å². The summed E-state index contributed by atoms with van der Waals surface area (Å²) in [6.07, 6.45) is 0.711. The maximum Gasteiger partial charge on any atom is 0.308 e. The summed E-state index contributed by atoms with van der Waals surface area (Å²) < 4.78 is 0. The highest BCUT2D eigenvalue weighted by Gasteiger charge is 2.40. The number of amides is 2. The van der Waals surface area contributed by atoms with Crippen molar-refractivity contribution in [2.45, 2.75) is 33.2 Å². The van der Waals surface area contributed by atoms with E-state index < -0.39 is 17.9 Å². The van der Waals surface area contributed by atoms with Crippen molar-refractivity contribution in [2.75, 3.05) is 13.1 Å². The molecule has 1 fully saturated rings. The van der Waals surface area contributed by atoms with Crippen molar-refractivity contribution in [3.05, 3.63) is 34.9 Å². The molecule has 2 N–H and O–H groups in total. The topological polar surface area (TPSA) is 86.7 Å². The van der Waals surface area contributed by atoms with E-state index in [2.05, 4.69) is 5.32 Å². The Kier molecular flexibility index (Phi) is 6.64. The third kappa shape index (κ3) is 4.55. The Morgan fingerprint density at radius 3 is 2.38 bits per heavy atom. The molecule has 0 radical (unpaired) electrons. The molecule has 0 aromatic heterocycles. The fraction of sp³-hybridized carbons (Fsp3) is 0.526. The molecule has 142 valence electrons. The zero-order chi connectivity index (χ0) is 19.4. The molecule has 7 heteroatoms. The van der Waals surface area contributed by atoms with Gasteiger partial charge in [-0.3, -0.25) is 14.4 Å². The number of nitrogens with zero attached hydrogens (tertiary/aromatic N) is 1. The van der Waals surface area contributed by atoms with E-state index in [4.69, 9.17) is 11.6 Å². The van der Waals surface area contributed by atoms with E-state index in [0.29, 0.717) is 23.6 Å². The molecule has 2 amide bonds. The first kappa shape index (κ1) is 20.2. The van der Waals surface area contributed by atoms with Crippen molar-refractivity contribution in [3.8, 4) is 0 Å². The summed E-state index contributed by atoms with van der Waals surface area (Å²) in [4.78, 5) is 38.4. The molecule has 1 aromatic carbocycles. The second kappa shape index (κ2) is 8.54. The predicted molar refractivity (Wildman–Crippen MR) is 99.0 cm³/mol. The van der Waals surface area contributed by atoms with Gasteiger partial charge in [-0.05, 0) is 36.1 Å². The van der Waals surface area contributed by atoms with Crippen molar-refractivity contribution in [3.63, 3.8) is 0 Å². The Bertz CT molecular complexity index is 677. The van der Waals surface area contributed by atoms with E-state index in [1.54, 1.807) is 29.2 Å². The third-order valence-electron chi connectivity index (χ3n) is 5.11. The van der Waals surface area contributed by atoms with Crippen LogP contribution in [0, 0.1) is 17.8 Å². The smallest absolute Gasteiger partial charge is 0.308 e. The van der Waals surface area contributed by atoms with Gasteiger partial charge in [-0.25, -0.2) is 0 Å². The van der Waals surface area contributed by atoms with Gasteiger partial charge in [0.25, 0.3) is 5.91 Å². The Balaban J connectivity index is 2.14. The summed E-state index contributed by atoms with van der Waals surface area (Å²) >= 11 is 5.84. The predicted octanol–water partition coefficient (Wildman–Crippen LogP) is 2.66. The number of carbonyl (C=O) groups is 3. The maximum absolute atomic E-state index is 13.0. The first-order chi connectivity index (χ1) is 12.2. The molecule has 1 aliphatic heterocycles. The number of rotatable bonds is 6. The Morgan fingerprint density at radius 1 is 1.27 bits per heavy atom. The van der Waals surface area contributed by atoms with Gasteiger partial charge in [0.05, 0.1) is 5.92 Å². The van der Waals surface area contributed by atoms with Crippen LogP contribution in [0.4, 0.5) is 0 Å². The largest absolute Gasteiger partial charge is 0.481 e. The number of likely N-dealkylation sites (tertiary alicyclic amines) is 1. The van der Waals surface area contributed by atoms with Crippen LogP contribution in [-0.4, -0.2) is 46.9 Å². The summed E-state index contributed by atoms with van der Waals surface area (Å²) in [6.45, 7) is 6.25. The number of nitrogens with one attached hydrogen (secondary N) is 1. The number of halogens is 1. The van der Waals surface area contributed by atoms with Crippen molar-refractivity contribution in [1.29, 1.82) is 0 Å². The van der Waals surface area contributed by atoms with Gasteiger partial charge in [0.15, 0.2) is 0 Å². The number of carboxylic acid groups (broad SMARTS) is 1. The fourth-order valence-electron chi connectivity index (χ4n) is 3.17. The molecule has 2 unspecified atom stereocenters. The second-order valence-electron chi connectivity index (χ2n) is 7.01. The van der Waals surface area contributed by atoms with E-state index in [1.807, 2.05) is 20.8 Å². The number of aliphatic carboxylic acids is 1. The van der Waals surface area contributed by atoms with Crippen molar-refractivity contribution in [1.82, 2.24) is 10.2 Å². The van der Waals surface area contributed by atoms with Gasteiger partial charge in [0.2, 0.25) is 5.91 Å². The van der Waals surface area contributed by atoms with Crippen LogP contribution in [0.3, 0.4) is 0 Å². The van der Waals surface area contributed by atoms with Gasteiger partial charge in [-0.1, -0.05) is 38.8 Å². The molecule has 2 rings (SSSR count). The van der Waals surface area contributed by atoms with Gasteiger partial charge in [-0.2, -0.15) is 0 Å². The standard InChI is InChI=1S/C19H25ClN2O4/c1-4-11(2)16(21-17(23)13-5-7-14(20)8-6-13)18(24)22-9-12(3)15(10-22)19(25)26/h5-8,11-12,15-16H,4,9-10H2,1-3H3,(H,21,23)(H,25,26)/t11?,12-,15-,16?/m1/s1. The average Bonchev–Trinajstić information content (AvgIpc) is 3.01. The molecule has 0 aliphatic carbocycles. The molecule has 4 atom stereocenters. The van der Waals surface area contributed by atoms with Crippen LogP contribution in [0.2, 0.25) is 5.02 Å². The molecule has 1 saturated heterocycles. The van der Waals surface area contributed by atoms with Gasteiger partial charge < -0.3 is 15.3 Å². The fourth-order valence-corrected chi connectivity index (χ4v) is 3.30. The van der Waals surface area contributed by atoms with Gasteiger partial charge in [0.1, 0.15) is 6.04 Å². The lowest BCUT2D eigenvalue weighted by Crippen LogP contribution is -2.51. The van der Waals surface area contributed by atoms with Crippen LogP contribution in [0.5, 0.6) is 0 Å².